The zero-order valence-corrected chi connectivity index (χ0v) is 18.0. The van der Waals surface area contributed by atoms with Gasteiger partial charge in [0.1, 0.15) is 0 Å². The van der Waals surface area contributed by atoms with E-state index in [0.29, 0.717) is 12.5 Å². The zero-order valence-electron chi connectivity index (χ0n) is 15.7. The fourth-order valence-electron chi connectivity index (χ4n) is 2.52. The lowest BCUT2D eigenvalue weighted by molar-refractivity contribution is 0.681. The number of nitrogens with one attached hydrogen (secondary N) is 2. The van der Waals surface area contributed by atoms with Gasteiger partial charge in [-0.25, -0.2) is 0 Å². The summed E-state index contributed by atoms with van der Waals surface area (Å²) in [6.45, 7) is 9.29. The summed E-state index contributed by atoms with van der Waals surface area (Å²) in [5.41, 5.74) is 4.82. The molecule has 2 N–H and O–H groups in total. The van der Waals surface area contributed by atoms with E-state index in [1.807, 2.05) is 12.3 Å². The molecule has 5 heteroatoms. The number of hydrogen-bond donors (Lipinski definition) is 2. The van der Waals surface area contributed by atoms with Crippen molar-refractivity contribution in [3.05, 3.63) is 65.0 Å². The highest BCUT2D eigenvalue weighted by molar-refractivity contribution is 14.0. The predicted octanol–water partition coefficient (Wildman–Crippen LogP) is 4.56. The summed E-state index contributed by atoms with van der Waals surface area (Å²) in [5.74, 6) is 1.33. The maximum absolute atomic E-state index is 4.40. The average molecular weight is 452 g/mol. The van der Waals surface area contributed by atoms with Crippen molar-refractivity contribution in [1.82, 2.24) is 15.6 Å². The van der Waals surface area contributed by atoms with Crippen LogP contribution in [-0.4, -0.2) is 18.0 Å². The quantitative estimate of drug-likeness (QED) is 0.398. The molecule has 0 saturated carbocycles. The summed E-state index contributed by atoms with van der Waals surface area (Å²) in [6, 6.07) is 13.0. The predicted molar refractivity (Wildman–Crippen MR) is 117 cm³/mol. The van der Waals surface area contributed by atoms with Gasteiger partial charge >= 0.3 is 0 Å². The number of rotatable bonds is 5. The molecule has 0 aliphatic rings. The molecule has 2 aromatic rings. The molecule has 0 amide bonds. The van der Waals surface area contributed by atoms with E-state index in [-0.39, 0.29) is 30.0 Å². The van der Waals surface area contributed by atoms with E-state index in [4.69, 9.17) is 0 Å². The van der Waals surface area contributed by atoms with Crippen molar-refractivity contribution in [2.45, 2.75) is 46.2 Å². The van der Waals surface area contributed by atoms with Gasteiger partial charge in [-0.05, 0) is 42.5 Å². The summed E-state index contributed by atoms with van der Waals surface area (Å²) in [4.78, 5) is 8.71. The molecule has 0 radical (unpaired) electrons. The van der Waals surface area contributed by atoms with Crippen LogP contribution in [0.3, 0.4) is 0 Å². The normalized spacial score (nSPS) is 12.5. The Labute approximate surface area is 168 Å². The highest BCUT2D eigenvalue weighted by Gasteiger charge is 2.09. The van der Waals surface area contributed by atoms with Crippen LogP contribution >= 0.6 is 24.0 Å². The molecule has 0 bridgehead atoms. The van der Waals surface area contributed by atoms with Crippen LogP contribution in [0.4, 0.5) is 0 Å². The second kappa shape index (κ2) is 10.4. The number of aryl methyl sites for hydroxylation is 1. The number of benzene rings is 1. The van der Waals surface area contributed by atoms with Gasteiger partial charge in [0.05, 0.1) is 18.3 Å². The van der Waals surface area contributed by atoms with E-state index >= 15 is 0 Å². The number of hydrogen-bond acceptors (Lipinski definition) is 2. The number of aliphatic imine (C=N–C) groups is 1. The van der Waals surface area contributed by atoms with Crippen molar-refractivity contribution in [1.29, 1.82) is 0 Å². The van der Waals surface area contributed by atoms with Gasteiger partial charge in [-0.2, -0.15) is 0 Å². The van der Waals surface area contributed by atoms with E-state index in [0.717, 1.165) is 11.7 Å². The summed E-state index contributed by atoms with van der Waals surface area (Å²) in [7, 11) is 1.79. The zero-order chi connectivity index (χ0) is 17.5. The van der Waals surface area contributed by atoms with Crippen LogP contribution in [0.5, 0.6) is 0 Å². The second-order valence-electron chi connectivity index (χ2n) is 6.38. The molecule has 0 aliphatic carbocycles. The number of nitrogens with zero attached hydrogens (tertiary/aromatic N) is 2. The fourth-order valence-corrected chi connectivity index (χ4v) is 2.52. The van der Waals surface area contributed by atoms with Crippen molar-refractivity contribution in [2.75, 3.05) is 7.05 Å². The van der Waals surface area contributed by atoms with Gasteiger partial charge in [-0.3, -0.25) is 9.98 Å². The monoisotopic (exact) mass is 452 g/mol. The Balaban J connectivity index is 0.00000312. The van der Waals surface area contributed by atoms with E-state index < -0.39 is 0 Å². The Morgan fingerprint density at radius 1 is 1.08 bits per heavy atom. The topological polar surface area (TPSA) is 49.3 Å². The molecule has 25 heavy (non-hydrogen) atoms. The molecule has 1 heterocycles. The maximum Gasteiger partial charge on any atom is 0.191 e. The van der Waals surface area contributed by atoms with Gasteiger partial charge in [0.15, 0.2) is 5.96 Å². The number of halogens is 1. The third kappa shape index (κ3) is 6.30. The molecule has 4 nitrogen and oxygen atoms in total. The molecule has 1 atom stereocenters. The highest BCUT2D eigenvalue weighted by atomic mass is 127. The Kier molecular flexibility index (Phi) is 8.89. The molecule has 1 aromatic carbocycles. The summed E-state index contributed by atoms with van der Waals surface area (Å²) in [6.07, 6.45) is 1.82. The maximum atomic E-state index is 4.40. The third-order valence-corrected chi connectivity index (χ3v) is 4.22. The van der Waals surface area contributed by atoms with E-state index in [2.05, 4.69) is 78.6 Å². The van der Waals surface area contributed by atoms with E-state index in [9.17, 15) is 0 Å². The lowest BCUT2D eigenvalue weighted by atomic mass is 10.00. The first-order valence-electron chi connectivity index (χ1n) is 8.48. The van der Waals surface area contributed by atoms with E-state index in [1.165, 1.54) is 16.7 Å². The first kappa shape index (κ1) is 21.4. The molecule has 0 fully saturated rings. The van der Waals surface area contributed by atoms with Crippen LogP contribution in [0, 0.1) is 6.92 Å². The van der Waals surface area contributed by atoms with Gasteiger partial charge < -0.3 is 10.6 Å². The molecule has 1 unspecified atom stereocenters. The summed E-state index contributed by atoms with van der Waals surface area (Å²) < 4.78 is 0. The molecular weight excluding hydrogens is 423 g/mol. The van der Waals surface area contributed by atoms with Gasteiger partial charge in [-0.15, -0.1) is 24.0 Å². The number of pyridine rings is 1. The largest absolute Gasteiger partial charge is 0.351 e. The Morgan fingerprint density at radius 3 is 2.28 bits per heavy atom. The molecule has 0 spiro atoms. The first-order chi connectivity index (χ1) is 11.5. The molecule has 1 aromatic heterocycles. The molecule has 0 saturated heterocycles. The molecule has 2 rings (SSSR count). The lowest BCUT2D eigenvalue weighted by Gasteiger charge is -2.19. The van der Waals surface area contributed by atoms with Crippen LogP contribution in [-0.2, 0) is 6.54 Å². The van der Waals surface area contributed by atoms with Crippen molar-refractivity contribution < 1.29 is 0 Å². The lowest BCUT2D eigenvalue weighted by Crippen LogP contribution is -2.38. The van der Waals surface area contributed by atoms with Crippen LogP contribution in [0.2, 0.25) is 0 Å². The second-order valence-corrected chi connectivity index (χ2v) is 6.38. The minimum atomic E-state index is 0. The van der Waals surface area contributed by atoms with Crippen LogP contribution < -0.4 is 10.6 Å². The average Bonchev–Trinajstić information content (AvgIpc) is 2.59. The van der Waals surface area contributed by atoms with Crippen LogP contribution in [0.25, 0.3) is 0 Å². The van der Waals surface area contributed by atoms with Crippen LogP contribution in [0.15, 0.2) is 47.6 Å². The third-order valence-electron chi connectivity index (χ3n) is 4.22. The standard InChI is InChI=1S/C20H28N4.HI/c1-14(2)17-8-10-18(11-9-17)16(4)24-20(21-5)23-13-19-15(3)7-6-12-22-19;/h6-12,14,16H,13H2,1-5H3,(H2,21,23,24);1H. The fraction of sp³-hybridized carbons (Fsp3) is 0.400. The van der Waals surface area contributed by atoms with E-state index in [1.54, 1.807) is 7.05 Å². The van der Waals surface area contributed by atoms with Gasteiger partial charge in [0.25, 0.3) is 0 Å². The summed E-state index contributed by atoms with van der Waals surface area (Å²) >= 11 is 0. The Bertz CT molecular complexity index is 680. The highest BCUT2D eigenvalue weighted by Crippen LogP contribution is 2.18. The smallest absolute Gasteiger partial charge is 0.191 e. The SMILES string of the molecule is CN=C(NCc1ncccc1C)NC(C)c1ccc(C(C)C)cc1.I. The van der Waals surface area contributed by atoms with Crippen LogP contribution in [0.1, 0.15) is 55.1 Å². The molecule has 136 valence electrons. The van der Waals surface area contributed by atoms with Crippen molar-refractivity contribution in [3.63, 3.8) is 0 Å². The number of guanidine groups is 1. The summed E-state index contributed by atoms with van der Waals surface area (Å²) in [5, 5.41) is 6.77. The minimum Gasteiger partial charge on any atom is -0.351 e. The number of aromatic nitrogens is 1. The van der Waals surface area contributed by atoms with Gasteiger partial charge in [0, 0.05) is 13.2 Å². The minimum absolute atomic E-state index is 0. The Morgan fingerprint density at radius 2 is 1.72 bits per heavy atom. The van der Waals surface area contributed by atoms with Crippen molar-refractivity contribution >= 4 is 29.9 Å². The van der Waals surface area contributed by atoms with Gasteiger partial charge in [-0.1, -0.05) is 44.2 Å². The van der Waals surface area contributed by atoms with Gasteiger partial charge in [0.2, 0.25) is 0 Å². The first-order valence-corrected chi connectivity index (χ1v) is 8.48. The van der Waals surface area contributed by atoms with Crippen molar-refractivity contribution in [3.8, 4) is 0 Å². The molecular formula is C20H29IN4. The van der Waals surface area contributed by atoms with Crippen molar-refractivity contribution in [2.24, 2.45) is 4.99 Å². The Hall–Kier alpha value is -1.63. The molecule has 0 aliphatic heterocycles.